The molecule has 1 unspecified atom stereocenters. The fourth-order valence-corrected chi connectivity index (χ4v) is 6.42. The van der Waals surface area contributed by atoms with Crippen LogP contribution in [0.4, 0.5) is 11.5 Å². The molecule has 0 radical (unpaired) electrons. The Kier molecular flexibility index (Phi) is 5.29. The summed E-state index contributed by atoms with van der Waals surface area (Å²) in [6.07, 6.45) is 6.06. The van der Waals surface area contributed by atoms with Crippen molar-refractivity contribution in [3.8, 4) is 5.88 Å². The third kappa shape index (κ3) is 3.61. The van der Waals surface area contributed by atoms with Gasteiger partial charge < -0.3 is 14.5 Å². The Balaban J connectivity index is 1.39. The standard InChI is InChI=1S/C22H27N5O4S/c1-25(2)21-22(24-9-8-23-21)31-17-4-3-10-26(14-17)32(29,30)18-12-15-5-6-19(28)27-11-7-16(13-18)20(15)27/h8-9,12-13,17H,3-7,10-11,14H2,1-2H3. The van der Waals surface area contributed by atoms with E-state index < -0.39 is 10.0 Å². The number of hydrogen-bond donors (Lipinski definition) is 0. The van der Waals surface area contributed by atoms with E-state index in [1.807, 2.05) is 19.0 Å². The van der Waals surface area contributed by atoms with Gasteiger partial charge in [-0.1, -0.05) is 0 Å². The Morgan fingerprint density at radius 3 is 2.59 bits per heavy atom. The first-order valence-electron chi connectivity index (χ1n) is 11.0. The molecular weight excluding hydrogens is 430 g/mol. The summed E-state index contributed by atoms with van der Waals surface area (Å²) in [6, 6.07) is 3.51. The minimum Gasteiger partial charge on any atom is -0.470 e. The number of rotatable bonds is 5. The summed E-state index contributed by atoms with van der Waals surface area (Å²) in [6.45, 7) is 1.36. The van der Waals surface area contributed by atoms with Gasteiger partial charge in [-0.15, -0.1) is 0 Å². The fourth-order valence-electron chi connectivity index (χ4n) is 4.81. The lowest BCUT2D eigenvalue weighted by Gasteiger charge is -2.33. The van der Waals surface area contributed by atoms with Crippen LogP contribution in [0.2, 0.25) is 0 Å². The zero-order valence-corrected chi connectivity index (χ0v) is 19.1. The minimum absolute atomic E-state index is 0.129. The maximum absolute atomic E-state index is 13.5. The molecule has 0 N–H and O–H groups in total. The summed E-state index contributed by atoms with van der Waals surface area (Å²) in [7, 11) is 0.0578. The van der Waals surface area contributed by atoms with Gasteiger partial charge in [0.15, 0.2) is 5.82 Å². The lowest BCUT2D eigenvalue weighted by atomic mass is 10.00. The number of anilines is 2. The molecule has 0 bridgehead atoms. The molecule has 3 aliphatic heterocycles. The highest BCUT2D eigenvalue weighted by atomic mass is 32.2. The molecule has 32 heavy (non-hydrogen) atoms. The van der Waals surface area contributed by atoms with E-state index in [1.165, 1.54) is 4.31 Å². The Labute approximate surface area is 188 Å². The second kappa shape index (κ2) is 8.00. The van der Waals surface area contributed by atoms with Gasteiger partial charge in [0.1, 0.15) is 6.10 Å². The van der Waals surface area contributed by atoms with Gasteiger partial charge in [-0.05, 0) is 48.9 Å². The van der Waals surface area contributed by atoms with Crippen LogP contribution in [0, 0.1) is 0 Å². The van der Waals surface area contributed by atoms with E-state index in [2.05, 4.69) is 9.97 Å². The number of amides is 1. The molecule has 0 aliphatic carbocycles. The van der Waals surface area contributed by atoms with Crippen molar-refractivity contribution in [2.45, 2.75) is 43.1 Å². The van der Waals surface area contributed by atoms with Gasteiger partial charge in [0, 0.05) is 46.0 Å². The Bertz CT molecular complexity index is 1170. The van der Waals surface area contributed by atoms with Crippen molar-refractivity contribution in [2.75, 3.05) is 43.5 Å². The number of carbonyl (C=O) groups is 1. The van der Waals surface area contributed by atoms with Gasteiger partial charge in [0.05, 0.1) is 17.1 Å². The highest BCUT2D eigenvalue weighted by Gasteiger charge is 2.36. The maximum atomic E-state index is 13.5. The van der Waals surface area contributed by atoms with Crippen LogP contribution in [0.5, 0.6) is 5.88 Å². The minimum atomic E-state index is -3.67. The fraction of sp³-hybridized carbons (Fsp3) is 0.500. The number of sulfonamides is 1. The van der Waals surface area contributed by atoms with Crippen molar-refractivity contribution < 1.29 is 17.9 Å². The van der Waals surface area contributed by atoms with Crippen LogP contribution in [0.25, 0.3) is 0 Å². The highest BCUT2D eigenvalue weighted by Crippen LogP contribution is 2.39. The Morgan fingerprint density at radius 2 is 1.81 bits per heavy atom. The SMILES string of the molecule is CN(C)c1nccnc1OC1CCCN(S(=O)(=O)c2cc3c4c(c2)CCN4C(=O)CC3)C1. The molecule has 0 saturated carbocycles. The Hall–Kier alpha value is -2.72. The molecule has 1 fully saturated rings. The van der Waals surface area contributed by atoms with Crippen LogP contribution < -0.4 is 14.5 Å². The van der Waals surface area contributed by atoms with Crippen molar-refractivity contribution in [2.24, 2.45) is 0 Å². The van der Waals surface area contributed by atoms with E-state index in [-0.39, 0.29) is 18.6 Å². The second-order valence-electron chi connectivity index (χ2n) is 8.71. The summed E-state index contributed by atoms with van der Waals surface area (Å²) in [5.41, 5.74) is 2.84. The van der Waals surface area contributed by atoms with Gasteiger partial charge in [0.2, 0.25) is 15.9 Å². The number of aryl methyl sites for hydroxylation is 1. The van der Waals surface area contributed by atoms with Gasteiger partial charge in [-0.2, -0.15) is 4.31 Å². The third-order valence-electron chi connectivity index (χ3n) is 6.35. The molecule has 0 spiro atoms. The molecule has 1 aromatic carbocycles. The average molecular weight is 458 g/mol. The number of carbonyl (C=O) groups excluding carboxylic acids is 1. The second-order valence-corrected chi connectivity index (χ2v) is 10.6. The number of aromatic nitrogens is 2. The molecular formula is C22H27N5O4S. The first kappa shape index (κ1) is 21.1. The van der Waals surface area contributed by atoms with Crippen molar-refractivity contribution in [1.82, 2.24) is 14.3 Å². The number of benzene rings is 1. The maximum Gasteiger partial charge on any atom is 0.257 e. The average Bonchev–Trinajstić information content (AvgIpc) is 3.22. The van der Waals surface area contributed by atoms with E-state index in [9.17, 15) is 13.2 Å². The first-order valence-corrected chi connectivity index (χ1v) is 12.4. The Morgan fingerprint density at radius 1 is 1.06 bits per heavy atom. The van der Waals surface area contributed by atoms with Crippen LogP contribution in [-0.2, 0) is 27.7 Å². The van der Waals surface area contributed by atoms with Gasteiger partial charge in [0.25, 0.3) is 5.88 Å². The molecule has 1 amide bonds. The van der Waals surface area contributed by atoms with Crippen molar-refractivity contribution in [3.63, 3.8) is 0 Å². The first-order chi connectivity index (χ1) is 15.3. The lowest BCUT2D eigenvalue weighted by Crippen LogP contribution is -2.44. The van der Waals surface area contributed by atoms with Crippen molar-refractivity contribution in [1.29, 1.82) is 0 Å². The zero-order chi connectivity index (χ0) is 22.5. The predicted molar refractivity (Wildman–Crippen MR) is 120 cm³/mol. The monoisotopic (exact) mass is 457 g/mol. The van der Waals surface area contributed by atoms with Crippen LogP contribution in [0.3, 0.4) is 0 Å². The summed E-state index contributed by atoms with van der Waals surface area (Å²) in [4.78, 5) is 24.7. The largest absolute Gasteiger partial charge is 0.470 e. The van der Waals surface area contributed by atoms with E-state index >= 15 is 0 Å². The summed E-state index contributed by atoms with van der Waals surface area (Å²) >= 11 is 0. The van der Waals surface area contributed by atoms with Crippen LogP contribution in [0.1, 0.15) is 30.4 Å². The normalized spacial score (nSPS) is 20.9. The summed E-state index contributed by atoms with van der Waals surface area (Å²) in [5.74, 6) is 1.15. The summed E-state index contributed by atoms with van der Waals surface area (Å²) in [5, 5.41) is 0. The molecule has 1 aromatic heterocycles. The lowest BCUT2D eigenvalue weighted by molar-refractivity contribution is -0.118. The molecule has 3 aliphatic rings. The molecule has 1 saturated heterocycles. The number of hydrogen-bond acceptors (Lipinski definition) is 7. The van der Waals surface area contributed by atoms with Crippen molar-refractivity contribution >= 4 is 27.4 Å². The third-order valence-corrected chi connectivity index (χ3v) is 8.20. The molecule has 5 rings (SSSR count). The molecule has 170 valence electrons. The van der Waals surface area contributed by atoms with E-state index in [0.717, 1.165) is 23.2 Å². The molecule has 9 nitrogen and oxygen atoms in total. The number of ether oxygens (including phenoxy) is 1. The molecule has 10 heteroatoms. The van der Waals surface area contributed by atoms with Gasteiger partial charge in [-0.25, -0.2) is 18.4 Å². The van der Waals surface area contributed by atoms with Crippen LogP contribution in [0.15, 0.2) is 29.4 Å². The quantitative estimate of drug-likeness (QED) is 0.673. The van der Waals surface area contributed by atoms with Crippen LogP contribution >= 0.6 is 0 Å². The number of nitrogens with zero attached hydrogens (tertiary/aromatic N) is 5. The number of piperidine rings is 1. The topological polar surface area (TPSA) is 95.9 Å². The smallest absolute Gasteiger partial charge is 0.257 e. The van der Waals surface area contributed by atoms with E-state index in [0.29, 0.717) is 55.4 Å². The van der Waals surface area contributed by atoms with Gasteiger partial charge in [-0.3, -0.25) is 4.79 Å². The van der Waals surface area contributed by atoms with E-state index in [4.69, 9.17) is 4.74 Å². The van der Waals surface area contributed by atoms with Crippen molar-refractivity contribution in [3.05, 3.63) is 35.7 Å². The van der Waals surface area contributed by atoms with Crippen LogP contribution in [-0.4, -0.2) is 68.4 Å². The molecule has 4 heterocycles. The molecule has 2 aromatic rings. The predicted octanol–water partition coefficient (Wildman–Crippen LogP) is 1.61. The summed E-state index contributed by atoms with van der Waals surface area (Å²) < 4.78 is 34.7. The highest BCUT2D eigenvalue weighted by molar-refractivity contribution is 7.89. The van der Waals surface area contributed by atoms with Gasteiger partial charge >= 0.3 is 0 Å². The van der Waals surface area contributed by atoms with E-state index in [1.54, 1.807) is 29.4 Å². The zero-order valence-electron chi connectivity index (χ0n) is 18.3. The molecule has 1 atom stereocenters.